The third-order valence-electron chi connectivity index (χ3n) is 9.68. The Hall–Kier alpha value is -2.18. The van der Waals surface area contributed by atoms with Crippen LogP contribution in [-0.2, 0) is 14.3 Å². The molecule has 0 aliphatic rings. The smallest absolute Gasteiger partial charge is 0.306 e. The fourth-order valence-corrected chi connectivity index (χ4v) is 6.37. The molecule has 0 radical (unpaired) electrons. The van der Waals surface area contributed by atoms with Gasteiger partial charge in [0.05, 0.1) is 25.2 Å². The van der Waals surface area contributed by atoms with Crippen molar-refractivity contribution in [2.75, 3.05) is 6.61 Å². The zero-order chi connectivity index (χ0) is 38.2. The Balaban J connectivity index is 4.52. The molecule has 0 saturated carbocycles. The van der Waals surface area contributed by atoms with Gasteiger partial charge < -0.3 is 20.3 Å². The Morgan fingerprint density at radius 2 is 1.10 bits per heavy atom. The normalized spacial score (nSPS) is 13.9. The Labute approximate surface area is 321 Å². The van der Waals surface area contributed by atoms with Gasteiger partial charge in [-0.15, -0.1) is 0 Å². The van der Waals surface area contributed by atoms with E-state index in [1.165, 1.54) is 70.6 Å². The second-order valence-electron chi connectivity index (χ2n) is 14.8. The fourth-order valence-electron chi connectivity index (χ4n) is 6.37. The van der Waals surface area contributed by atoms with Crippen molar-refractivity contribution in [3.8, 4) is 0 Å². The summed E-state index contributed by atoms with van der Waals surface area (Å²) in [6.45, 7) is 6.24. The van der Waals surface area contributed by atoms with Gasteiger partial charge in [0.15, 0.2) is 0 Å². The number of rotatable bonds is 38. The first kappa shape index (κ1) is 49.8. The van der Waals surface area contributed by atoms with Crippen molar-refractivity contribution in [3.63, 3.8) is 0 Å². The zero-order valence-electron chi connectivity index (χ0n) is 34.2. The lowest BCUT2D eigenvalue weighted by Crippen LogP contribution is -2.46. The number of hydrogen-bond acceptors (Lipinski definition) is 5. The van der Waals surface area contributed by atoms with E-state index >= 15 is 0 Å². The number of ether oxygens (including phenoxy) is 1. The van der Waals surface area contributed by atoms with E-state index in [2.05, 4.69) is 74.7 Å². The lowest BCUT2D eigenvalue weighted by atomic mass is 10.0. The minimum Gasteiger partial charge on any atom is -0.462 e. The Morgan fingerprint density at radius 3 is 1.71 bits per heavy atom. The second kappa shape index (κ2) is 40.0. The predicted molar refractivity (Wildman–Crippen MR) is 222 cm³/mol. The zero-order valence-corrected chi connectivity index (χ0v) is 34.2. The number of aliphatic hydroxyl groups is 2. The minimum absolute atomic E-state index is 0.0605. The fraction of sp³-hybridized carbons (Fsp3) is 0.783. The molecule has 3 atom stereocenters. The van der Waals surface area contributed by atoms with Gasteiger partial charge in [0.2, 0.25) is 5.91 Å². The number of aliphatic hydroxyl groups excluding tert-OH is 2. The second-order valence-corrected chi connectivity index (χ2v) is 14.8. The van der Waals surface area contributed by atoms with Crippen LogP contribution in [0.4, 0.5) is 0 Å². The lowest BCUT2D eigenvalue weighted by molar-refractivity contribution is -0.151. The van der Waals surface area contributed by atoms with E-state index in [9.17, 15) is 19.8 Å². The molecule has 3 N–H and O–H groups in total. The molecule has 0 aliphatic carbocycles. The maximum atomic E-state index is 13.1. The molecule has 52 heavy (non-hydrogen) atoms. The summed E-state index contributed by atoms with van der Waals surface area (Å²) in [5.41, 5.74) is 0. The van der Waals surface area contributed by atoms with Gasteiger partial charge in [-0.2, -0.15) is 0 Å². The molecule has 302 valence electrons. The van der Waals surface area contributed by atoms with Crippen LogP contribution in [0.25, 0.3) is 0 Å². The summed E-state index contributed by atoms with van der Waals surface area (Å²) in [7, 11) is 0. The van der Waals surface area contributed by atoms with Crippen molar-refractivity contribution in [2.45, 2.75) is 225 Å². The molecule has 0 spiro atoms. The van der Waals surface area contributed by atoms with E-state index in [4.69, 9.17) is 4.74 Å². The van der Waals surface area contributed by atoms with Crippen LogP contribution in [0.5, 0.6) is 0 Å². The number of unbranched alkanes of at least 4 members (excludes halogenated alkanes) is 20. The van der Waals surface area contributed by atoms with Gasteiger partial charge in [-0.3, -0.25) is 9.59 Å². The highest BCUT2D eigenvalue weighted by Gasteiger charge is 2.24. The number of carbonyl (C=O) groups is 2. The highest BCUT2D eigenvalue weighted by atomic mass is 16.5. The van der Waals surface area contributed by atoms with E-state index in [-0.39, 0.29) is 24.9 Å². The van der Waals surface area contributed by atoms with Crippen LogP contribution < -0.4 is 5.32 Å². The summed E-state index contributed by atoms with van der Waals surface area (Å²) in [5, 5.41) is 23.5. The SMILES string of the molecule is CC/C=C/C=C/C=C/CCCCCCCCCC(=O)OC(CCCCC/C=C\CCC)CC(=O)NC(CO)C(O)CCCCCCCCCCCC. The molecule has 0 aromatic heterocycles. The van der Waals surface area contributed by atoms with Gasteiger partial charge >= 0.3 is 5.97 Å². The maximum absolute atomic E-state index is 13.1. The summed E-state index contributed by atoms with van der Waals surface area (Å²) in [6.07, 6.45) is 46.1. The highest BCUT2D eigenvalue weighted by Crippen LogP contribution is 2.17. The number of nitrogens with one attached hydrogen (secondary N) is 1. The summed E-state index contributed by atoms with van der Waals surface area (Å²) >= 11 is 0. The summed E-state index contributed by atoms with van der Waals surface area (Å²) in [6, 6.07) is -0.705. The van der Waals surface area contributed by atoms with Crippen LogP contribution in [0.1, 0.15) is 207 Å². The number of allylic oxidation sites excluding steroid dienone is 8. The molecule has 6 heteroatoms. The molecule has 3 unspecified atom stereocenters. The third-order valence-corrected chi connectivity index (χ3v) is 9.68. The average Bonchev–Trinajstić information content (AvgIpc) is 3.13. The summed E-state index contributed by atoms with van der Waals surface area (Å²) in [5.74, 6) is -0.511. The first-order valence-electron chi connectivity index (χ1n) is 21.9. The van der Waals surface area contributed by atoms with E-state index in [0.717, 1.165) is 89.9 Å². The molecule has 0 bridgehead atoms. The summed E-state index contributed by atoms with van der Waals surface area (Å²) in [4.78, 5) is 25.9. The predicted octanol–water partition coefficient (Wildman–Crippen LogP) is 12.3. The van der Waals surface area contributed by atoms with Gasteiger partial charge in [0.1, 0.15) is 6.10 Å². The maximum Gasteiger partial charge on any atom is 0.306 e. The van der Waals surface area contributed by atoms with Crippen LogP contribution in [0.15, 0.2) is 48.6 Å². The molecule has 6 nitrogen and oxygen atoms in total. The monoisotopic (exact) mass is 730 g/mol. The minimum atomic E-state index is -0.790. The molecular weight excluding hydrogens is 647 g/mol. The van der Waals surface area contributed by atoms with Crippen LogP contribution in [-0.4, -0.2) is 46.9 Å². The van der Waals surface area contributed by atoms with Gasteiger partial charge in [-0.05, 0) is 64.2 Å². The highest BCUT2D eigenvalue weighted by molar-refractivity contribution is 5.77. The molecule has 0 aromatic rings. The number of esters is 1. The van der Waals surface area contributed by atoms with E-state index in [1.807, 2.05) is 0 Å². The molecule has 0 rings (SSSR count). The quantitative estimate of drug-likeness (QED) is 0.0254. The van der Waals surface area contributed by atoms with Crippen LogP contribution in [0, 0.1) is 0 Å². The van der Waals surface area contributed by atoms with Crippen molar-refractivity contribution in [2.24, 2.45) is 0 Å². The molecule has 0 saturated heterocycles. The van der Waals surface area contributed by atoms with Gasteiger partial charge in [0, 0.05) is 6.42 Å². The first-order chi connectivity index (χ1) is 25.5. The third kappa shape index (κ3) is 34.9. The van der Waals surface area contributed by atoms with Crippen molar-refractivity contribution >= 4 is 11.9 Å². The topological polar surface area (TPSA) is 95.9 Å². The van der Waals surface area contributed by atoms with Crippen LogP contribution in [0.3, 0.4) is 0 Å². The standard InChI is InChI=1S/C46H83NO5/c1-4-7-10-13-16-19-21-22-23-24-25-27-30-33-36-39-46(51)52-42(37-34-31-28-18-15-12-9-6-3)40-45(50)47-43(41-48)44(49)38-35-32-29-26-20-17-14-11-8-5-2/h7,10,12-13,15-16,19,21,42-44,48-49H,4-6,8-9,11,14,17-18,20,22-41H2,1-3H3,(H,47,50)/b10-7+,15-12-,16-13+,21-19+. The molecular formula is C46H83NO5. The Morgan fingerprint density at radius 1 is 0.577 bits per heavy atom. The molecule has 0 aliphatic heterocycles. The number of hydrogen-bond donors (Lipinski definition) is 3. The van der Waals surface area contributed by atoms with Crippen molar-refractivity contribution in [1.82, 2.24) is 5.32 Å². The molecule has 0 fully saturated rings. The van der Waals surface area contributed by atoms with Gasteiger partial charge in [-0.25, -0.2) is 0 Å². The molecule has 0 heterocycles. The summed E-state index contributed by atoms with van der Waals surface area (Å²) < 4.78 is 5.86. The number of amides is 1. The van der Waals surface area contributed by atoms with Crippen molar-refractivity contribution < 1.29 is 24.5 Å². The van der Waals surface area contributed by atoms with E-state index < -0.39 is 18.2 Å². The average molecular weight is 730 g/mol. The van der Waals surface area contributed by atoms with E-state index in [1.54, 1.807) is 0 Å². The first-order valence-corrected chi connectivity index (χ1v) is 21.9. The Kier molecular flexibility index (Phi) is 38.3. The van der Waals surface area contributed by atoms with Crippen molar-refractivity contribution in [1.29, 1.82) is 0 Å². The molecule has 1 amide bonds. The van der Waals surface area contributed by atoms with Crippen LogP contribution in [0.2, 0.25) is 0 Å². The lowest BCUT2D eigenvalue weighted by Gasteiger charge is -2.24. The number of carbonyl (C=O) groups excluding carboxylic acids is 2. The van der Waals surface area contributed by atoms with E-state index in [0.29, 0.717) is 19.3 Å². The Bertz CT molecular complexity index is 910. The van der Waals surface area contributed by atoms with Crippen molar-refractivity contribution in [3.05, 3.63) is 48.6 Å². The van der Waals surface area contributed by atoms with Gasteiger partial charge in [0.25, 0.3) is 0 Å². The molecule has 0 aromatic carbocycles. The van der Waals surface area contributed by atoms with Gasteiger partial charge in [-0.1, -0.05) is 179 Å². The van der Waals surface area contributed by atoms with Crippen LogP contribution >= 0.6 is 0 Å². The largest absolute Gasteiger partial charge is 0.462 e.